The largest absolute Gasteiger partial charge is 0.396 e. The van der Waals surface area contributed by atoms with Crippen LogP contribution in [0.1, 0.15) is 81.1 Å². The Bertz CT molecular complexity index is 5060. The van der Waals surface area contributed by atoms with Gasteiger partial charge in [-0.05, 0) is 39.5 Å². The topological polar surface area (TPSA) is 44.3 Å². The average molecular weight is 2530 g/mol. The Morgan fingerprint density at radius 1 is 0.372 bits per heavy atom. The Balaban J connectivity index is -0.000000592. The highest BCUT2D eigenvalue weighted by atomic mass is 33.5. The molecule has 562 valence electrons. The third-order valence-electron chi connectivity index (χ3n) is 5.17. The van der Waals surface area contributed by atoms with E-state index in [4.69, 9.17) is 55.0 Å². The molecule has 0 aliphatic carbocycles. The van der Waals surface area contributed by atoms with E-state index in [1.807, 2.05) is 319 Å². The normalized spacial score (nSPS) is 9.00. The highest BCUT2D eigenvalue weighted by molar-refractivity contribution is 8.83. The van der Waals surface area contributed by atoms with E-state index in [1.165, 1.54) is 40.5 Å². The zero-order valence-corrected chi connectivity index (χ0v) is 102. The predicted octanol–water partition coefficient (Wildman–Crippen LogP) is 7.11. The first-order chi connectivity index (χ1) is 45.6. The van der Waals surface area contributed by atoms with Crippen LogP contribution < -0.4 is 4.57 Å². The smallest absolute Gasteiger partial charge is 0.143 e. The van der Waals surface area contributed by atoms with E-state index in [2.05, 4.69) is 66.4 Å². The number of aryl methyl sites for hydroxylation is 1. The molecule has 0 spiro atoms. The molecule has 0 radical (unpaired) electrons. The van der Waals surface area contributed by atoms with Gasteiger partial charge in [-0.15, -0.1) is 6.07 Å². The zero-order valence-electron chi connectivity index (χ0n) is 46.9. The molecule has 94 heavy (non-hydrogen) atoms. The van der Waals surface area contributed by atoms with Crippen molar-refractivity contribution in [2.24, 2.45) is 7.05 Å². The molecule has 0 aliphatic rings. The van der Waals surface area contributed by atoms with Crippen LogP contribution in [-0.2, 0) is 567 Å². The monoisotopic (exact) mass is 2520 g/mol. The minimum absolute atomic E-state index is 0.0860. The predicted molar refractivity (Wildman–Crippen MR) is 612 cm³/mol. The summed E-state index contributed by atoms with van der Waals surface area (Å²) in [5.41, 5.74) is 0. The van der Waals surface area contributed by atoms with Crippen molar-refractivity contribution in [3.05, 3.63) is 24.4 Å². The van der Waals surface area contributed by atoms with E-state index >= 15 is 0 Å². The highest BCUT2D eigenvalue weighted by Crippen LogP contribution is 2.40. The molecule has 0 saturated carbocycles. The minimum atomic E-state index is 0.0860. The van der Waals surface area contributed by atoms with Crippen LogP contribution in [-0.4, -0.2) is 43.4 Å². The summed E-state index contributed by atoms with van der Waals surface area (Å²) in [7, 11) is 111. The lowest BCUT2D eigenvalue weighted by Crippen LogP contribution is -2.30. The van der Waals surface area contributed by atoms with Gasteiger partial charge in [0.05, 0.1) is 0 Å². The summed E-state index contributed by atoms with van der Waals surface area (Å²) in [4.78, 5) is 0. The van der Waals surface area contributed by atoms with E-state index in [-0.39, 0.29) is 11.4 Å². The summed E-state index contributed by atoms with van der Waals surface area (Å²) in [6.45, 7) is 18.0. The molecule has 1 rings (SSSR count). The summed E-state index contributed by atoms with van der Waals surface area (Å²) < 4.78 is 2.40. The second-order valence-electron chi connectivity index (χ2n) is 13.2. The van der Waals surface area contributed by atoms with Gasteiger partial charge in [-0.1, -0.05) is 90.8 Å². The molecular formula is C24H47NO2S67. The lowest BCUT2D eigenvalue weighted by atomic mass is 10.1. The van der Waals surface area contributed by atoms with Crippen LogP contribution in [0.3, 0.4) is 0 Å². The number of hydrogen-bond acceptors (Lipinski definition) is 11. The summed E-state index contributed by atoms with van der Waals surface area (Å²) >= 11 is 23.4. The van der Waals surface area contributed by atoms with Crippen LogP contribution in [0.15, 0.2) is 23.2 Å². The maximum absolute atomic E-state index is 8.69. The second-order valence-corrected chi connectivity index (χ2v) is 123. The SMILES string of the molecule is CC(C)(S)CCCO.CC(C)SSC(C)(C)CCCO.CC(C)SSc1ccc[c-][n+]1C.S=S=S=S=S=S=S=S=S=S=S=S=S=S=S=S=S=S=S=S=S=S=S=S=S=S=S=S=S=S.S=S=S=S=S=S=S=S=S=S=S=S=S=S=S=S=S=S=S=S=S=S=S=S=S=S=S=S=S=S=S=S. The highest BCUT2D eigenvalue weighted by Gasteiger charge is 2.18. The van der Waals surface area contributed by atoms with Gasteiger partial charge in [0.1, 0.15) is 18.3 Å². The number of thiol groups is 1. The Hall–Kier alpha value is 14.5. The van der Waals surface area contributed by atoms with Crippen molar-refractivity contribution in [2.45, 2.75) is 106 Å². The lowest BCUT2D eigenvalue weighted by molar-refractivity contribution is -0.712. The Kier molecular flexibility index (Phi) is 122. The summed E-state index contributed by atoms with van der Waals surface area (Å²) in [5, 5.41) is 19.7. The van der Waals surface area contributed by atoms with Gasteiger partial charge in [0, 0.05) is 593 Å². The molecule has 1 aromatic heterocycles. The number of rotatable bonds is 12. The zero-order chi connectivity index (χ0) is 70.2. The van der Waals surface area contributed by atoms with Gasteiger partial charge in [0.25, 0.3) is 0 Å². The number of nitrogens with zero attached hydrogens (tertiary/aromatic N) is 1. The molecule has 1 aromatic rings. The van der Waals surface area contributed by atoms with Crippen molar-refractivity contribution in [3.63, 3.8) is 0 Å². The first-order valence-corrected chi connectivity index (χ1v) is 106. The quantitative estimate of drug-likeness (QED) is 0.0876. The third-order valence-corrected chi connectivity index (χ3v) is 137. The number of hydrogen-bond donors (Lipinski definition) is 3. The van der Waals surface area contributed by atoms with Crippen LogP contribution in [0.2, 0.25) is 0 Å². The van der Waals surface area contributed by atoms with Crippen molar-refractivity contribution in [2.75, 3.05) is 13.2 Å². The van der Waals surface area contributed by atoms with Crippen molar-refractivity contribution < 1.29 is 14.8 Å². The number of aliphatic hydroxyl groups excluding tert-OH is 2. The van der Waals surface area contributed by atoms with Crippen molar-refractivity contribution in [3.8, 4) is 0 Å². The molecule has 0 amide bonds. The van der Waals surface area contributed by atoms with Gasteiger partial charge in [0.2, 0.25) is 0 Å². The van der Waals surface area contributed by atoms with E-state index < -0.39 is 0 Å². The lowest BCUT2D eigenvalue weighted by Gasteiger charge is -2.23. The van der Waals surface area contributed by atoms with E-state index in [0.29, 0.717) is 21.9 Å². The standard InChI is InChI=1S/C9H13NS2.C9H20OS2.C6H14OS.S32.S30/c1-8(2)11-12-9-6-4-5-7-10(9)3;1-8(2)11-12-9(3,4)6-5-7-10;1-6(2,8)4-3-5-7;1-3-5-7-9-11-13-15-17-19-21-23-25-27-29-31-32-30-28-26-24-22-20-18-16-14-12-10-8-6-4-2;1-3-5-7-9-11-13-15-17-19-21-23-25-27-29-30-28-26-24-22-20-18-16-14-12-10-8-6-4-2/h4-6,8H,1-3H3;8,10H,5-7H2,1-4H3;7-8H,3-5H2,1-2H3;;. The van der Waals surface area contributed by atoms with Gasteiger partial charge < -0.3 is 14.8 Å². The maximum atomic E-state index is 8.69. The molecule has 0 atom stereocenters. The molecule has 0 unspecified atom stereocenters. The Labute approximate surface area is 761 Å². The molecule has 70 heteroatoms. The van der Waals surface area contributed by atoms with Crippen LogP contribution in [0.5, 0.6) is 0 Å². The van der Waals surface area contributed by atoms with Crippen molar-refractivity contribution in [1.29, 1.82) is 0 Å². The van der Waals surface area contributed by atoms with Gasteiger partial charge in [-0.2, -0.15) is 18.7 Å². The molecule has 2 N–H and O–H groups in total. The van der Waals surface area contributed by atoms with Crippen LogP contribution in [0, 0.1) is 6.20 Å². The summed E-state index contributed by atoms with van der Waals surface area (Å²) in [6.07, 6.45) is 6.95. The molecule has 0 fully saturated rings. The van der Waals surface area contributed by atoms with Gasteiger partial charge >= 0.3 is 0 Å². The molecule has 1 heterocycles. The number of pyridine rings is 1. The molecule has 0 saturated heterocycles. The summed E-state index contributed by atoms with van der Waals surface area (Å²) in [5.74, 6) is 0. The van der Waals surface area contributed by atoms with Crippen molar-refractivity contribution >= 4 is 616 Å². The first kappa shape index (κ1) is 115. The molecular weight excluding hydrogens is 2480 g/mol. The van der Waals surface area contributed by atoms with Gasteiger partial charge in [-0.25, -0.2) is 0 Å². The number of aromatic nitrogens is 1. The van der Waals surface area contributed by atoms with E-state index in [0.717, 1.165) is 25.7 Å². The van der Waals surface area contributed by atoms with E-state index in [9.17, 15) is 0 Å². The minimum Gasteiger partial charge on any atom is -0.396 e. The van der Waals surface area contributed by atoms with Gasteiger partial charge in [0.15, 0.2) is 0 Å². The average Bonchev–Trinajstić information content (AvgIpc) is 2.07. The Morgan fingerprint density at radius 2 is 0.585 bits per heavy atom. The van der Waals surface area contributed by atoms with Crippen molar-refractivity contribution in [1.82, 2.24) is 0 Å². The first-order valence-electron chi connectivity index (χ1n) is 21.2. The van der Waals surface area contributed by atoms with Crippen LogP contribution >= 0.6 is 55.8 Å². The number of aliphatic hydroxyl groups is 2. The Morgan fingerprint density at radius 3 is 0.755 bits per heavy atom. The molecule has 0 aliphatic heterocycles. The molecule has 0 bridgehead atoms. The third kappa shape index (κ3) is 113. The molecule has 0 aromatic carbocycles. The van der Waals surface area contributed by atoms with E-state index in [1.54, 1.807) is 242 Å². The fraction of sp³-hybridized carbons (Fsp3) is 0.792. The second kappa shape index (κ2) is 99.8. The molecule has 3 nitrogen and oxygen atoms in total. The van der Waals surface area contributed by atoms with Crippen LogP contribution in [0.25, 0.3) is 0 Å². The fourth-order valence-corrected chi connectivity index (χ4v) is 155. The summed E-state index contributed by atoms with van der Waals surface area (Å²) in [6, 6.07) is 6.05. The van der Waals surface area contributed by atoms with Crippen LogP contribution in [0.4, 0.5) is 0 Å². The fourth-order valence-electron chi connectivity index (χ4n) is 2.59. The maximum Gasteiger partial charge on any atom is 0.143 e. The van der Waals surface area contributed by atoms with Gasteiger partial charge in [-0.3, -0.25) is 0 Å².